The summed E-state index contributed by atoms with van der Waals surface area (Å²) >= 11 is 1.33. The van der Waals surface area contributed by atoms with E-state index in [4.69, 9.17) is 9.47 Å². The second kappa shape index (κ2) is 9.92. The predicted molar refractivity (Wildman–Crippen MR) is 127 cm³/mol. The van der Waals surface area contributed by atoms with Crippen molar-refractivity contribution < 1.29 is 19.1 Å². The number of hydrogen-bond acceptors (Lipinski definition) is 7. The molecule has 0 aliphatic carbocycles. The maximum atomic E-state index is 12.8. The van der Waals surface area contributed by atoms with E-state index in [9.17, 15) is 9.59 Å². The molecule has 0 aliphatic rings. The SMILES string of the molecule is COc1cccc(-c2nc(C(=O)Nc3cccc(NC(=O)c4cccnc4)c3)cs2)c1OC. The highest BCUT2D eigenvalue weighted by atomic mass is 32.1. The minimum absolute atomic E-state index is 0.268. The van der Waals surface area contributed by atoms with Crippen LogP contribution < -0.4 is 20.1 Å². The van der Waals surface area contributed by atoms with Gasteiger partial charge >= 0.3 is 0 Å². The van der Waals surface area contributed by atoms with Gasteiger partial charge in [0.2, 0.25) is 0 Å². The summed E-state index contributed by atoms with van der Waals surface area (Å²) < 4.78 is 10.8. The van der Waals surface area contributed by atoms with Crippen LogP contribution >= 0.6 is 11.3 Å². The molecule has 0 atom stereocenters. The van der Waals surface area contributed by atoms with Crippen LogP contribution in [0.15, 0.2) is 72.4 Å². The summed E-state index contributed by atoms with van der Waals surface area (Å²) in [6.07, 6.45) is 3.08. The van der Waals surface area contributed by atoms with Crippen molar-refractivity contribution in [1.29, 1.82) is 0 Å². The van der Waals surface area contributed by atoms with Crippen LogP contribution in [0.25, 0.3) is 10.6 Å². The number of benzene rings is 2. The van der Waals surface area contributed by atoms with E-state index in [1.807, 2.05) is 12.1 Å². The first kappa shape index (κ1) is 22.0. The molecule has 0 saturated heterocycles. The summed E-state index contributed by atoms with van der Waals surface area (Å²) in [6, 6.07) is 15.7. The van der Waals surface area contributed by atoms with Crippen molar-refractivity contribution in [3.8, 4) is 22.1 Å². The number of para-hydroxylation sites is 1. The molecule has 2 aromatic heterocycles. The molecule has 0 unspecified atom stereocenters. The molecule has 9 heteroatoms. The zero-order valence-electron chi connectivity index (χ0n) is 17.9. The lowest BCUT2D eigenvalue weighted by Crippen LogP contribution is -2.14. The molecule has 0 spiro atoms. The van der Waals surface area contributed by atoms with Gasteiger partial charge in [0.25, 0.3) is 11.8 Å². The Morgan fingerprint density at radius 1 is 0.909 bits per heavy atom. The van der Waals surface area contributed by atoms with E-state index in [0.29, 0.717) is 33.4 Å². The van der Waals surface area contributed by atoms with E-state index in [1.54, 1.807) is 68.3 Å². The van der Waals surface area contributed by atoms with Crippen molar-refractivity contribution in [2.45, 2.75) is 0 Å². The third kappa shape index (κ3) is 4.99. The number of carbonyl (C=O) groups excluding carboxylic acids is 2. The van der Waals surface area contributed by atoms with Gasteiger partial charge in [0.1, 0.15) is 10.7 Å². The van der Waals surface area contributed by atoms with Crippen LogP contribution in [-0.2, 0) is 0 Å². The molecule has 8 nitrogen and oxygen atoms in total. The maximum Gasteiger partial charge on any atom is 0.275 e. The number of nitrogens with zero attached hydrogens (tertiary/aromatic N) is 2. The van der Waals surface area contributed by atoms with Gasteiger partial charge in [-0.3, -0.25) is 14.6 Å². The van der Waals surface area contributed by atoms with Crippen LogP contribution in [0.4, 0.5) is 11.4 Å². The highest BCUT2D eigenvalue weighted by molar-refractivity contribution is 7.13. The molecule has 0 radical (unpaired) electrons. The Morgan fingerprint density at radius 2 is 1.67 bits per heavy atom. The molecule has 0 saturated carbocycles. The van der Waals surface area contributed by atoms with Gasteiger partial charge < -0.3 is 20.1 Å². The second-order valence-corrected chi connectivity index (χ2v) is 7.67. The van der Waals surface area contributed by atoms with Crippen LogP contribution in [0.5, 0.6) is 11.5 Å². The molecule has 0 fully saturated rings. The number of ether oxygens (including phenoxy) is 2. The third-order valence-electron chi connectivity index (χ3n) is 4.67. The van der Waals surface area contributed by atoms with Crippen LogP contribution in [0.2, 0.25) is 0 Å². The van der Waals surface area contributed by atoms with Crippen molar-refractivity contribution in [3.05, 3.63) is 83.6 Å². The topological polar surface area (TPSA) is 102 Å². The number of aromatic nitrogens is 2. The Balaban J connectivity index is 1.48. The molecular weight excluding hydrogens is 440 g/mol. The van der Waals surface area contributed by atoms with E-state index in [0.717, 1.165) is 5.56 Å². The lowest BCUT2D eigenvalue weighted by molar-refractivity contribution is 0.101. The first-order valence-electron chi connectivity index (χ1n) is 9.88. The zero-order chi connectivity index (χ0) is 23.2. The van der Waals surface area contributed by atoms with Gasteiger partial charge in [-0.25, -0.2) is 4.98 Å². The van der Waals surface area contributed by atoms with Crippen LogP contribution in [0.3, 0.4) is 0 Å². The van der Waals surface area contributed by atoms with Gasteiger partial charge in [-0.2, -0.15) is 0 Å². The number of nitrogens with one attached hydrogen (secondary N) is 2. The molecule has 0 bridgehead atoms. The number of pyridine rings is 1. The smallest absolute Gasteiger partial charge is 0.275 e. The van der Waals surface area contributed by atoms with Gasteiger partial charge in [0.05, 0.1) is 25.3 Å². The van der Waals surface area contributed by atoms with Crippen LogP contribution in [0.1, 0.15) is 20.8 Å². The molecule has 166 valence electrons. The van der Waals surface area contributed by atoms with Crippen molar-refractivity contribution in [2.24, 2.45) is 0 Å². The molecular formula is C24H20N4O4S. The fraction of sp³-hybridized carbons (Fsp3) is 0.0833. The molecule has 2 heterocycles. The Kier molecular flexibility index (Phi) is 6.61. The number of amides is 2. The average Bonchev–Trinajstić information content (AvgIpc) is 3.34. The highest BCUT2D eigenvalue weighted by Crippen LogP contribution is 2.39. The highest BCUT2D eigenvalue weighted by Gasteiger charge is 2.17. The van der Waals surface area contributed by atoms with Crippen molar-refractivity contribution in [1.82, 2.24) is 9.97 Å². The minimum atomic E-state index is -0.366. The summed E-state index contributed by atoms with van der Waals surface area (Å²) in [5, 5.41) is 7.92. The van der Waals surface area contributed by atoms with Crippen LogP contribution in [-0.4, -0.2) is 36.0 Å². The Bertz CT molecular complexity index is 1290. The largest absolute Gasteiger partial charge is 0.493 e. The van der Waals surface area contributed by atoms with Crippen LogP contribution in [0, 0.1) is 0 Å². The van der Waals surface area contributed by atoms with Crippen molar-refractivity contribution >= 4 is 34.5 Å². The number of carbonyl (C=O) groups is 2. The summed E-state index contributed by atoms with van der Waals surface area (Å²) in [4.78, 5) is 33.5. The predicted octanol–water partition coefficient (Wildman–Crippen LogP) is 4.73. The molecule has 4 aromatic rings. The summed E-state index contributed by atoms with van der Waals surface area (Å²) in [5.74, 6) is 0.484. The normalized spacial score (nSPS) is 10.4. The quantitative estimate of drug-likeness (QED) is 0.413. The zero-order valence-corrected chi connectivity index (χ0v) is 18.7. The van der Waals surface area contributed by atoms with Crippen molar-refractivity contribution in [3.63, 3.8) is 0 Å². The fourth-order valence-electron chi connectivity index (χ4n) is 3.13. The monoisotopic (exact) mass is 460 g/mol. The van der Waals surface area contributed by atoms with E-state index in [1.165, 1.54) is 17.5 Å². The fourth-order valence-corrected chi connectivity index (χ4v) is 3.95. The van der Waals surface area contributed by atoms with Gasteiger partial charge in [-0.05, 0) is 42.5 Å². The number of anilines is 2. The average molecular weight is 461 g/mol. The summed E-state index contributed by atoms with van der Waals surface area (Å²) in [5.41, 5.74) is 2.51. The summed E-state index contributed by atoms with van der Waals surface area (Å²) in [6.45, 7) is 0. The Hall–Kier alpha value is -4.24. The number of methoxy groups -OCH3 is 2. The van der Waals surface area contributed by atoms with Crippen molar-refractivity contribution in [2.75, 3.05) is 24.9 Å². The number of hydrogen-bond donors (Lipinski definition) is 2. The first-order valence-corrected chi connectivity index (χ1v) is 10.8. The number of thiazole rings is 1. The standard InChI is InChI=1S/C24H20N4O4S/c1-31-20-10-4-9-18(21(20)32-2)24-28-19(14-33-24)23(30)27-17-8-3-7-16(12-17)26-22(29)15-6-5-11-25-13-15/h3-14H,1-2H3,(H,26,29)(H,27,30). The van der Waals surface area contributed by atoms with E-state index >= 15 is 0 Å². The van der Waals surface area contributed by atoms with Gasteiger partial charge in [-0.15, -0.1) is 11.3 Å². The van der Waals surface area contributed by atoms with E-state index in [2.05, 4.69) is 20.6 Å². The minimum Gasteiger partial charge on any atom is -0.493 e. The molecule has 2 N–H and O–H groups in total. The molecule has 2 amide bonds. The molecule has 0 aliphatic heterocycles. The maximum absolute atomic E-state index is 12.8. The Morgan fingerprint density at radius 3 is 2.36 bits per heavy atom. The molecule has 4 rings (SSSR count). The Labute approximate surface area is 194 Å². The van der Waals surface area contributed by atoms with Gasteiger partial charge in [-0.1, -0.05) is 12.1 Å². The first-order chi connectivity index (χ1) is 16.1. The molecule has 2 aromatic carbocycles. The van der Waals surface area contributed by atoms with E-state index < -0.39 is 0 Å². The number of rotatable bonds is 7. The second-order valence-electron chi connectivity index (χ2n) is 6.81. The van der Waals surface area contributed by atoms with E-state index in [-0.39, 0.29) is 17.5 Å². The van der Waals surface area contributed by atoms with Gasteiger partial charge in [0.15, 0.2) is 11.5 Å². The van der Waals surface area contributed by atoms with Gasteiger partial charge in [0, 0.05) is 29.1 Å². The lowest BCUT2D eigenvalue weighted by atomic mass is 10.2. The third-order valence-corrected chi connectivity index (χ3v) is 5.55. The lowest BCUT2D eigenvalue weighted by Gasteiger charge is -2.10. The molecule has 33 heavy (non-hydrogen) atoms. The summed E-state index contributed by atoms with van der Waals surface area (Å²) in [7, 11) is 3.12.